The molecule has 0 aliphatic carbocycles. The summed E-state index contributed by atoms with van der Waals surface area (Å²) in [6.45, 7) is 1.43. The van der Waals surface area contributed by atoms with Crippen molar-refractivity contribution in [3.63, 3.8) is 0 Å². The largest absolute Gasteiger partial charge is 0.507 e. The summed E-state index contributed by atoms with van der Waals surface area (Å²) in [4.78, 5) is 11.1. The third-order valence-electron chi connectivity index (χ3n) is 1.82. The van der Waals surface area contributed by atoms with Crippen molar-refractivity contribution < 1.29 is 9.90 Å². The van der Waals surface area contributed by atoms with E-state index in [0.29, 0.717) is 11.3 Å². The fraction of sp³-hybridized carbons (Fsp3) is 0.182. The first kappa shape index (κ1) is 10.9. The molecule has 0 aliphatic heterocycles. The smallest absolute Gasteiger partial charge is 0.163 e. The SMILES string of the molecule is CC(=O)c1cc(C=CCS)ccc1O. The van der Waals surface area contributed by atoms with Crippen LogP contribution >= 0.6 is 12.6 Å². The second-order valence-electron chi connectivity index (χ2n) is 2.92. The molecular formula is C11H12O2S. The van der Waals surface area contributed by atoms with Crippen molar-refractivity contribution in [2.45, 2.75) is 6.92 Å². The highest BCUT2D eigenvalue weighted by molar-refractivity contribution is 7.80. The van der Waals surface area contributed by atoms with Gasteiger partial charge in [0.2, 0.25) is 0 Å². The summed E-state index contributed by atoms with van der Waals surface area (Å²) in [5.41, 5.74) is 1.24. The van der Waals surface area contributed by atoms with Crippen LogP contribution in [-0.2, 0) is 0 Å². The lowest BCUT2D eigenvalue weighted by Gasteiger charge is -2.01. The summed E-state index contributed by atoms with van der Waals surface area (Å²) in [6, 6.07) is 4.94. The van der Waals surface area contributed by atoms with Gasteiger partial charge in [0, 0.05) is 5.75 Å². The fourth-order valence-electron chi connectivity index (χ4n) is 1.13. The van der Waals surface area contributed by atoms with Crippen molar-refractivity contribution >= 4 is 24.5 Å². The third kappa shape index (κ3) is 2.64. The summed E-state index contributed by atoms with van der Waals surface area (Å²) in [5.74, 6) is 0.542. The number of aromatic hydroxyl groups is 1. The van der Waals surface area contributed by atoms with Gasteiger partial charge in [0.25, 0.3) is 0 Å². The molecule has 0 heterocycles. The van der Waals surface area contributed by atoms with E-state index < -0.39 is 0 Å². The average molecular weight is 208 g/mol. The molecule has 0 amide bonds. The Morgan fingerprint density at radius 3 is 2.86 bits per heavy atom. The van der Waals surface area contributed by atoms with Crippen molar-refractivity contribution in [1.29, 1.82) is 0 Å². The van der Waals surface area contributed by atoms with Crippen LogP contribution in [-0.4, -0.2) is 16.6 Å². The standard InChI is InChI=1S/C11H12O2S/c1-8(12)10-7-9(3-2-6-14)4-5-11(10)13/h2-5,7,13-14H,6H2,1H3. The van der Waals surface area contributed by atoms with Gasteiger partial charge in [-0.3, -0.25) is 4.79 Å². The number of Topliss-reactive ketones (excluding diaryl/α,β-unsaturated/α-hetero) is 1. The Balaban J connectivity index is 3.06. The minimum atomic E-state index is -0.136. The first-order valence-corrected chi connectivity index (χ1v) is 4.89. The maximum Gasteiger partial charge on any atom is 0.163 e. The quantitative estimate of drug-likeness (QED) is 0.591. The molecule has 2 nitrogen and oxygen atoms in total. The zero-order valence-corrected chi connectivity index (χ0v) is 8.79. The van der Waals surface area contributed by atoms with Gasteiger partial charge in [-0.2, -0.15) is 12.6 Å². The van der Waals surface area contributed by atoms with E-state index >= 15 is 0 Å². The zero-order valence-electron chi connectivity index (χ0n) is 7.90. The minimum absolute atomic E-state index is 0.0283. The molecule has 0 bridgehead atoms. The Labute approximate surface area is 88.7 Å². The summed E-state index contributed by atoms with van der Waals surface area (Å²) in [6.07, 6.45) is 3.73. The van der Waals surface area contributed by atoms with Crippen molar-refractivity contribution in [3.05, 3.63) is 35.4 Å². The number of carbonyl (C=O) groups is 1. The van der Waals surface area contributed by atoms with Crippen LogP contribution in [0.4, 0.5) is 0 Å². The molecule has 0 spiro atoms. The molecule has 74 valence electrons. The van der Waals surface area contributed by atoms with Gasteiger partial charge >= 0.3 is 0 Å². The Kier molecular flexibility index (Phi) is 3.77. The molecule has 0 saturated heterocycles. The van der Waals surface area contributed by atoms with E-state index in [1.807, 2.05) is 12.2 Å². The van der Waals surface area contributed by atoms with E-state index in [1.54, 1.807) is 12.1 Å². The van der Waals surface area contributed by atoms with Gasteiger partial charge < -0.3 is 5.11 Å². The second-order valence-corrected chi connectivity index (χ2v) is 3.28. The number of phenols is 1. The predicted molar refractivity (Wildman–Crippen MR) is 61.0 cm³/mol. The zero-order chi connectivity index (χ0) is 10.6. The van der Waals surface area contributed by atoms with E-state index in [-0.39, 0.29) is 11.5 Å². The molecule has 1 rings (SSSR count). The molecule has 14 heavy (non-hydrogen) atoms. The summed E-state index contributed by atoms with van der Waals surface area (Å²) >= 11 is 4.03. The van der Waals surface area contributed by atoms with Gasteiger partial charge in [-0.1, -0.05) is 18.2 Å². The van der Waals surface area contributed by atoms with Crippen LogP contribution in [0.2, 0.25) is 0 Å². The monoisotopic (exact) mass is 208 g/mol. The van der Waals surface area contributed by atoms with E-state index in [9.17, 15) is 9.90 Å². The summed E-state index contributed by atoms with van der Waals surface area (Å²) in [7, 11) is 0. The van der Waals surface area contributed by atoms with Crippen LogP contribution in [0.3, 0.4) is 0 Å². The maximum absolute atomic E-state index is 11.1. The first-order valence-electron chi connectivity index (χ1n) is 4.26. The number of thiol groups is 1. The Morgan fingerprint density at radius 2 is 2.29 bits per heavy atom. The Morgan fingerprint density at radius 1 is 1.57 bits per heavy atom. The predicted octanol–water partition coefficient (Wildman–Crippen LogP) is 2.54. The second kappa shape index (κ2) is 4.86. The van der Waals surface area contributed by atoms with Crippen molar-refractivity contribution in [3.8, 4) is 5.75 Å². The highest BCUT2D eigenvalue weighted by Gasteiger charge is 2.05. The summed E-state index contributed by atoms with van der Waals surface area (Å²) in [5, 5.41) is 9.37. The lowest BCUT2D eigenvalue weighted by Crippen LogP contribution is -1.92. The number of hydrogen-bond acceptors (Lipinski definition) is 3. The molecule has 0 unspecified atom stereocenters. The molecule has 1 aromatic carbocycles. The van der Waals surface area contributed by atoms with E-state index in [2.05, 4.69) is 12.6 Å². The highest BCUT2D eigenvalue weighted by atomic mass is 32.1. The van der Waals surface area contributed by atoms with Gasteiger partial charge in [0.1, 0.15) is 5.75 Å². The van der Waals surface area contributed by atoms with Gasteiger partial charge in [-0.15, -0.1) is 0 Å². The summed E-state index contributed by atoms with van der Waals surface area (Å²) < 4.78 is 0. The molecule has 0 fully saturated rings. The normalized spacial score (nSPS) is 10.7. The van der Waals surface area contributed by atoms with Gasteiger partial charge in [0.05, 0.1) is 5.56 Å². The van der Waals surface area contributed by atoms with Gasteiger partial charge in [0.15, 0.2) is 5.78 Å². The molecule has 0 saturated carbocycles. The van der Waals surface area contributed by atoms with Crippen LogP contribution in [0.15, 0.2) is 24.3 Å². The van der Waals surface area contributed by atoms with E-state index in [4.69, 9.17) is 0 Å². The van der Waals surface area contributed by atoms with E-state index in [1.165, 1.54) is 13.0 Å². The Hall–Kier alpha value is -1.22. The lowest BCUT2D eigenvalue weighted by atomic mass is 10.1. The van der Waals surface area contributed by atoms with Crippen LogP contribution in [0.5, 0.6) is 5.75 Å². The molecule has 3 heteroatoms. The molecular weight excluding hydrogens is 196 g/mol. The van der Waals surface area contributed by atoms with Crippen molar-refractivity contribution in [2.24, 2.45) is 0 Å². The van der Waals surface area contributed by atoms with Gasteiger partial charge in [-0.25, -0.2) is 0 Å². The van der Waals surface area contributed by atoms with E-state index in [0.717, 1.165) is 5.56 Å². The highest BCUT2D eigenvalue weighted by Crippen LogP contribution is 2.19. The Bertz CT molecular complexity index is 370. The maximum atomic E-state index is 11.1. The average Bonchev–Trinajstić information content (AvgIpc) is 2.16. The topological polar surface area (TPSA) is 37.3 Å². The van der Waals surface area contributed by atoms with Crippen LogP contribution in [0, 0.1) is 0 Å². The number of rotatable bonds is 3. The van der Waals surface area contributed by atoms with Gasteiger partial charge in [-0.05, 0) is 24.6 Å². The molecule has 0 radical (unpaired) electrons. The van der Waals surface area contributed by atoms with Crippen molar-refractivity contribution in [1.82, 2.24) is 0 Å². The van der Waals surface area contributed by atoms with Crippen molar-refractivity contribution in [2.75, 3.05) is 5.75 Å². The number of benzene rings is 1. The molecule has 1 aromatic rings. The number of phenolic OH excluding ortho intramolecular Hbond substituents is 1. The first-order chi connectivity index (χ1) is 6.65. The molecule has 0 aliphatic rings. The lowest BCUT2D eigenvalue weighted by molar-refractivity contribution is 0.101. The third-order valence-corrected chi connectivity index (χ3v) is 2.03. The van der Waals surface area contributed by atoms with Crippen LogP contribution < -0.4 is 0 Å². The molecule has 0 atom stereocenters. The fourth-order valence-corrected chi connectivity index (χ4v) is 1.23. The number of ketones is 1. The molecule has 0 aromatic heterocycles. The van der Waals surface area contributed by atoms with Crippen LogP contribution in [0.1, 0.15) is 22.8 Å². The minimum Gasteiger partial charge on any atom is -0.507 e. The molecule has 1 N–H and O–H groups in total. The number of hydrogen-bond donors (Lipinski definition) is 2. The number of carbonyl (C=O) groups excluding carboxylic acids is 1. The van der Waals surface area contributed by atoms with Crippen LogP contribution in [0.25, 0.3) is 6.08 Å².